The molecule has 0 bridgehead atoms. The summed E-state index contributed by atoms with van der Waals surface area (Å²) in [5.74, 6) is 1.12. The quantitative estimate of drug-likeness (QED) is 0.784. The number of ether oxygens (including phenoxy) is 1. The van der Waals surface area contributed by atoms with E-state index in [0.29, 0.717) is 57.4 Å². The second-order valence-electron chi connectivity index (χ2n) is 5.92. The van der Waals surface area contributed by atoms with Crippen molar-refractivity contribution in [3.8, 4) is 0 Å². The van der Waals surface area contributed by atoms with Crippen LogP contribution in [0.5, 0.6) is 0 Å². The summed E-state index contributed by atoms with van der Waals surface area (Å²) in [6.07, 6.45) is 2.28. The Morgan fingerprint density at radius 3 is 2.52 bits per heavy atom. The Kier molecular flexibility index (Phi) is 4.90. The smallest absolute Gasteiger partial charge is 0.251 e. The van der Waals surface area contributed by atoms with E-state index in [1.807, 2.05) is 0 Å². The molecule has 0 radical (unpaired) electrons. The number of carbonyl (C=O) groups excluding carboxylic acids is 2. The number of nitrogens with zero attached hydrogens (tertiary/aromatic N) is 4. The van der Waals surface area contributed by atoms with Crippen LogP contribution in [-0.4, -0.2) is 70.7 Å². The summed E-state index contributed by atoms with van der Waals surface area (Å²) in [7, 11) is 0. The van der Waals surface area contributed by atoms with E-state index in [0.717, 1.165) is 12.8 Å². The lowest BCUT2D eigenvalue weighted by Crippen LogP contribution is -2.52. The summed E-state index contributed by atoms with van der Waals surface area (Å²) >= 11 is 0. The fourth-order valence-corrected chi connectivity index (χ4v) is 2.96. The Labute approximate surface area is 134 Å². The second-order valence-corrected chi connectivity index (χ2v) is 5.92. The van der Waals surface area contributed by atoms with Gasteiger partial charge in [-0.3, -0.25) is 9.59 Å². The van der Waals surface area contributed by atoms with Crippen molar-refractivity contribution in [2.75, 3.05) is 32.8 Å². The van der Waals surface area contributed by atoms with E-state index in [9.17, 15) is 9.59 Å². The van der Waals surface area contributed by atoms with Crippen molar-refractivity contribution in [3.05, 3.63) is 11.8 Å². The molecule has 2 amide bonds. The van der Waals surface area contributed by atoms with Crippen LogP contribution in [0.25, 0.3) is 0 Å². The van der Waals surface area contributed by atoms with E-state index in [1.54, 1.807) is 16.7 Å². The average Bonchev–Trinajstić information content (AvgIpc) is 3.24. The van der Waals surface area contributed by atoms with E-state index >= 15 is 0 Å². The van der Waals surface area contributed by atoms with Gasteiger partial charge < -0.3 is 19.0 Å². The van der Waals surface area contributed by atoms with Crippen LogP contribution in [0.2, 0.25) is 0 Å². The van der Waals surface area contributed by atoms with Crippen LogP contribution in [-0.2, 0) is 20.7 Å². The third kappa shape index (κ3) is 3.87. The average molecular weight is 322 g/mol. The van der Waals surface area contributed by atoms with E-state index in [-0.39, 0.29) is 17.9 Å². The van der Waals surface area contributed by atoms with Crippen molar-refractivity contribution in [1.82, 2.24) is 20.0 Å². The third-order valence-electron chi connectivity index (χ3n) is 4.27. The van der Waals surface area contributed by atoms with Gasteiger partial charge >= 0.3 is 0 Å². The number of piperazine rings is 1. The molecule has 0 N–H and O–H groups in total. The highest BCUT2D eigenvalue weighted by Gasteiger charge is 2.31. The molecule has 3 heterocycles. The monoisotopic (exact) mass is 322 g/mol. The Hall–Kier alpha value is -1.96. The van der Waals surface area contributed by atoms with Gasteiger partial charge in [-0.05, 0) is 12.8 Å². The van der Waals surface area contributed by atoms with Crippen LogP contribution in [0.15, 0.2) is 4.42 Å². The topological polar surface area (TPSA) is 88.8 Å². The second kappa shape index (κ2) is 7.08. The van der Waals surface area contributed by atoms with Gasteiger partial charge in [0.25, 0.3) is 5.91 Å². The number of hydrogen-bond donors (Lipinski definition) is 0. The summed E-state index contributed by atoms with van der Waals surface area (Å²) in [5, 5.41) is 7.63. The van der Waals surface area contributed by atoms with Crippen molar-refractivity contribution in [1.29, 1.82) is 0 Å². The summed E-state index contributed by atoms with van der Waals surface area (Å²) in [6.45, 7) is 4.68. The third-order valence-corrected chi connectivity index (χ3v) is 4.27. The molecule has 2 aliphatic rings. The largest absolute Gasteiger partial charge is 0.426 e. The van der Waals surface area contributed by atoms with Gasteiger partial charge in [0, 0.05) is 52.6 Å². The van der Waals surface area contributed by atoms with Crippen LogP contribution in [0.1, 0.15) is 31.0 Å². The first-order valence-corrected chi connectivity index (χ1v) is 8.10. The summed E-state index contributed by atoms with van der Waals surface area (Å²) < 4.78 is 10.7. The molecule has 0 saturated carbocycles. The lowest BCUT2D eigenvalue weighted by atomic mass is 10.2. The normalized spacial score (nSPS) is 21.7. The van der Waals surface area contributed by atoms with E-state index in [4.69, 9.17) is 9.15 Å². The van der Waals surface area contributed by atoms with Gasteiger partial charge in [-0.2, -0.15) is 0 Å². The Balaban J connectivity index is 1.42. The predicted octanol–water partition coefficient (Wildman–Crippen LogP) is 0.160. The number of rotatable bonds is 4. The van der Waals surface area contributed by atoms with Crippen LogP contribution in [0.3, 0.4) is 0 Å². The first-order chi connectivity index (χ1) is 11.1. The lowest BCUT2D eigenvalue weighted by molar-refractivity contribution is -0.146. The molecular weight excluding hydrogens is 300 g/mol. The van der Waals surface area contributed by atoms with E-state index in [1.165, 1.54) is 0 Å². The number of carbonyl (C=O) groups is 2. The van der Waals surface area contributed by atoms with Gasteiger partial charge in [-0.1, -0.05) is 0 Å². The van der Waals surface area contributed by atoms with Gasteiger partial charge in [0.15, 0.2) is 0 Å². The first kappa shape index (κ1) is 15.9. The number of aryl methyl sites for hydroxylation is 2. The van der Waals surface area contributed by atoms with Gasteiger partial charge in [-0.25, -0.2) is 0 Å². The molecule has 1 atom stereocenters. The maximum absolute atomic E-state index is 12.3. The van der Waals surface area contributed by atoms with Gasteiger partial charge in [0.1, 0.15) is 6.10 Å². The molecule has 23 heavy (non-hydrogen) atoms. The Morgan fingerprint density at radius 2 is 1.91 bits per heavy atom. The van der Waals surface area contributed by atoms with Crippen LogP contribution < -0.4 is 0 Å². The van der Waals surface area contributed by atoms with Crippen LogP contribution in [0.4, 0.5) is 0 Å². The van der Waals surface area contributed by atoms with Gasteiger partial charge in [0.05, 0.1) is 0 Å². The van der Waals surface area contributed by atoms with Crippen LogP contribution in [0, 0.1) is 6.92 Å². The Morgan fingerprint density at radius 1 is 1.17 bits per heavy atom. The van der Waals surface area contributed by atoms with Crippen molar-refractivity contribution in [3.63, 3.8) is 0 Å². The maximum Gasteiger partial charge on any atom is 0.251 e. The zero-order valence-electron chi connectivity index (χ0n) is 13.4. The molecule has 8 heteroatoms. The molecule has 8 nitrogen and oxygen atoms in total. The maximum atomic E-state index is 12.3. The zero-order chi connectivity index (χ0) is 16.2. The molecule has 3 rings (SSSR count). The molecule has 2 fully saturated rings. The molecule has 0 spiro atoms. The molecular formula is C15H22N4O4. The molecule has 1 unspecified atom stereocenters. The highest BCUT2D eigenvalue weighted by atomic mass is 16.5. The predicted molar refractivity (Wildman–Crippen MR) is 79.5 cm³/mol. The number of hydrogen-bond acceptors (Lipinski definition) is 6. The minimum absolute atomic E-state index is 0.0602. The lowest BCUT2D eigenvalue weighted by Gasteiger charge is -2.35. The minimum atomic E-state index is -0.280. The molecule has 1 aromatic rings. The summed E-state index contributed by atoms with van der Waals surface area (Å²) in [5.41, 5.74) is 0. The Bertz CT molecular complexity index is 560. The minimum Gasteiger partial charge on any atom is -0.426 e. The van der Waals surface area contributed by atoms with Gasteiger partial charge in [0.2, 0.25) is 17.7 Å². The van der Waals surface area contributed by atoms with Crippen molar-refractivity contribution in [2.45, 2.75) is 38.7 Å². The molecule has 1 aromatic heterocycles. The zero-order valence-corrected chi connectivity index (χ0v) is 13.4. The highest BCUT2D eigenvalue weighted by Crippen LogP contribution is 2.16. The molecule has 0 aliphatic carbocycles. The highest BCUT2D eigenvalue weighted by molar-refractivity contribution is 5.82. The van der Waals surface area contributed by atoms with Crippen molar-refractivity contribution < 1.29 is 18.7 Å². The van der Waals surface area contributed by atoms with Crippen LogP contribution >= 0.6 is 0 Å². The summed E-state index contributed by atoms with van der Waals surface area (Å²) in [4.78, 5) is 28.1. The fraction of sp³-hybridized carbons (Fsp3) is 0.733. The molecule has 126 valence electrons. The van der Waals surface area contributed by atoms with Crippen molar-refractivity contribution >= 4 is 11.8 Å². The molecule has 2 saturated heterocycles. The number of aromatic nitrogens is 2. The van der Waals surface area contributed by atoms with Crippen molar-refractivity contribution in [2.24, 2.45) is 0 Å². The SMILES string of the molecule is Cc1nnc(CCC(=O)N2CCN(C(=O)C3CCCO3)CC2)o1. The summed E-state index contributed by atoms with van der Waals surface area (Å²) in [6, 6.07) is 0. The van der Waals surface area contributed by atoms with E-state index in [2.05, 4.69) is 10.2 Å². The number of amides is 2. The molecule has 0 aromatic carbocycles. The standard InChI is InChI=1S/C15H22N4O4/c1-11-16-17-13(23-11)4-5-14(20)18-6-8-19(9-7-18)15(21)12-3-2-10-22-12/h12H,2-10H2,1H3. The molecule has 2 aliphatic heterocycles. The van der Waals surface area contributed by atoms with E-state index < -0.39 is 0 Å². The first-order valence-electron chi connectivity index (χ1n) is 8.10. The fourth-order valence-electron chi connectivity index (χ4n) is 2.96. The van der Waals surface area contributed by atoms with Gasteiger partial charge in [-0.15, -0.1) is 10.2 Å².